The van der Waals surface area contributed by atoms with Crippen molar-refractivity contribution < 1.29 is 9.59 Å². The van der Waals surface area contributed by atoms with Crippen LogP contribution in [0.1, 0.15) is 66.9 Å². The first-order valence-corrected chi connectivity index (χ1v) is 13.1. The lowest BCUT2D eigenvalue weighted by atomic mass is 9.42. The minimum absolute atomic E-state index is 0.0981. The van der Waals surface area contributed by atoms with Crippen LogP contribution in [0.5, 0.6) is 0 Å². The highest BCUT2D eigenvalue weighted by Gasteiger charge is 2.61. The Morgan fingerprint density at radius 1 is 0.824 bits per heavy atom. The lowest BCUT2D eigenvalue weighted by molar-refractivity contribution is -0.160. The first kappa shape index (κ1) is 21.9. The number of rotatable bonds is 4. The van der Waals surface area contributed by atoms with Gasteiger partial charge in [-0.1, -0.05) is 29.8 Å². The van der Waals surface area contributed by atoms with Gasteiger partial charge in [0.05, 0.1) is 5.41 Å². The van der Waals surface area contributed by atoms with Crippen molar-refractivity contribution in [1.82, 2.24) is 4.90 Å². The summed E-state index contributed by atoms with van der Waals surface area (Å²) in [6, 6.07) is 17.1. The molecule has 2 aromatic carbocycles. The number of benzene rings is 2. The summed E-state index contributed by atoms with van der Waals surface area (Å²) in [4.78, 5) is 30.2. The molecule has 4 saturated carbocycles. The van der Waals surface area contributed by atoms with Gasteiger partial charge >= 0.3 is 0 Å². The third kappa shape index (κ3) is 3.57. The molecule has 4 heteroatoms. The summed E-state index contributed by atoms with van der Waals surface area (Å²) < 4.78 is 0. The van der Waals surface area contributed by atoms with Crippen molar-refractivity contribution in [2.45, 2.75) is 57.8 Å². The first-order chi connectivity index (χ1) is 16.4. The predicted octanol–water partition coefficient (Wildman–Crippen LogP) is 5.38. The van der Waals surface area contributed by atoms with Crippen LogP contribution in [0.2, 0.25) is 0 Å². The maximum Gasteiger partial charge on any atom is 0.228 e. The van der Waals surface area contributed by atoms with E-state index in [2.05, 4.69) is 41.0 Å². The van der Waals surface area contributed by atoms with Gasteiger partial charge in [0.2, 0.25) is 5.91 Å². The number of hydrogen-bond donors (Lipinski definition) is 0. The van der Waals surface area contributed by atoms with Gasteiger partial charge < -0.3 is 9.80 Å². The molecule has 0 aromatic heterocycles. The predicted molar refractivity (Wildman–Crippen MR) is 135 cm³/mol. The number of anilines is 1. The number of aryl methyl sites for hydroxylation is 1. The molecule has 34 heavy (non-hydrogen) atoms. The number of nitrogens with zero attached hydrogens (tertiary/aromatic N) is 2. The Morgan fingerprint density at radius 3 is 2.03 bits per heavy atom. The molecule has 1 saturated heterocycles. The van der Waals surface area contributed by atoms with Gasteiger partial charge in [-0.15, -0.1) is 0 Å². The van der Waals surface area contributed by atoms with Crippen molar-refractivity contribution in [2.75, 3.05) is 31.1 Å². The number of carbonyl (C=O) groups excluding carboxylic acids is 2. The van der Waals surface area contributed by atoms with E-state index in [1.165, 1.54) is 30.4 Å². The molecule has 4 nitrogen and oxygen atoms in total. The van der Waals surface area contributed by atoms with Crippen LogP contribution in [-0.2, 0) is 10.2 Å². The normalized spacial score (nSPS) is 32.2. The molecule has 7 rings (SSSR count). The minimum Gasteiger partial charge on any atom is -0.368 e. The lowest BCUT2D eigenvalue weighted by Crippen LogP contribution is -2.61. The van der Waals surface area contributed by atoms with Crippen LogP contribution in [-0.4, -0.2) is 42.8 Å². The number of carbonyl (C=O) groups is 2. The van der Waals surface area contributed by atoms with Gasteiger partial charge in [0.15, 0.2) is 5.78 Å². The van der Waals surface area contributed by atoms with Gasteiger partial charge in [0, 0.05) is 37.4 Å². The fraction of sp³-hybridized carbons (Fsp3) is 0.533. The Balaban J connectivity index is 1.18. The number of amides is 1. The van der Waals surface area contributed by atoms with Crippen LogP contribution in [0.15, 0.2) is 48.5 Å². The number of ketones is 1. The van der Waals surface area contributed by atoms with Crippen LogP contribution in [0.3, 0.4) is 0 Å². The molecular weight excluding hydrogens is 420 g/mol. The second-order valence-corrected chi connectivity index (χ2v) is 11.8. The molecule has 2 aromatic rings. The molecular formula is C30H36N2O2. The van der Waals surface area contributed by atoms with Gasteiger partial charge in [-0.05, 0) is 99.5 Å². The maximum atomic E-state index is 14.1. The smallest absolute Gasteiger partial charge is 0.228 e. The van der Waals surface area contributed by atoms with Crippen molar-refractivity contribution in [3.05, 3.63) is 65.2 Å². The molecule has 1 amide bonds. The lowest BCUT2D eigenvalue weighted by Gasteiger charge is -2.62. The highest BCUT2D eigenvalue weighted by atomic mass is 16.2. The van der Waals surface area contributed by atoms with E-state index in [0.29, 0.717) is 17.7 Å². The van der Waals surface area contributed by atoms with Crippen LogP contribution in [0, 0.1) is 24.2 Å². The summed E-state index contributed by atoms with van der Waals surface area (Å²) in [5, 5.41) is 0. The number of Topliss-reactive ketones (excluding diaryl/α,β-unsaturated/α-hetero) is 1. The Hall–Kier alpha value is -2.62. The molecule has 0 radical (unpaired) electrons. The zero-order valence-electron chi connectivity index (χ0n) is 20.6. The van der Waals surface area contributed by atoms with Crippen molar-refractivity contribution in [2.24, 2.45) is 17.3 Å². The molecule has 0 N–H and O–H groups in total. The van der Waals surface area contributed by atoms with Crippen LogP contribution < -0.4 is 4.90 Å². The van der Waals surface area contributed by atoms with Crippen LogP contribution in [0.25, 0.3) is 0 Å². The SMILES string of the molecule is CC(=O)c1ccc(N2CCN(C(=O)C34CC5CC(C3)CC(c3ccc(C)cc3)(C5)C4)CC2)cc1. The quantitative estimate of drug-likeness (QED) is 0.580. The molecule has 4 bridgehead atoms. The van der Waals surface area contributed by atoms with E-state index in [-0.39, 0.29) is 16.6 Å². The van der Waals surface area contributed by atoms with Crippen LogP contribution in [0.4, 0.5) is 5.69 Å². The van der Waals surface area contributed by atoms with E-state index < -0.39 is 0 Å². The average molecular weight is 457 g/mol. The van der Waals surface area contributed by atoms with Crippen LogP contribution >= 0.6 is 0 Å². The van der Waals surface area contributed by atoms with Crippen molar-refractivity contribution in [3.63, 3.8) is 0 Å². The summed E-state index contributed by atoms with van der Waals surface area (Å²) in [5.74, 6) is 1.94. The monoisotopic (exact) mass is 456 g/mol. The van der Waals surface area contributed by atoms with E-state index in [4.69, 9.17) is 0 Å². The number of piperazine rings is 1. The van der Waals surface area contributed by atoms with E-state index in [9.17, 15) is 9.59 Å². The Morgan fingerprint density at radius 2 is 1.44 bits per heavy atom. The third-order valence-corrected chi connectivity index (χ3v) is 9.38. The zero-order valence-corrected chi connectivity index (χ0v) is 20.6. The maximum absolute atomic E-state index is 14.1. The van der Waals surface area contributed by atoms with Gasteiger partial charge in [-0.25, -0.2) is 0 Å². The second kappa shape index (κ2) is 7.96. The van der Waals surface area contributed by atoms with Crippen molar-refractivity contribution in [3.8, 4) is 0 Å². The Kier molecular flexibility index (Phi) is 5.13. The van der Waals surface area contributed by atoms with Crippen molar-refractivity contribution >= 4 is 17.4 Å². The summed E-state index contributed by atoms with van der Waals surface area (Å²) in [7, 11) is 0. The third-order valence-electron chi connectivity index (χ3n) is 9.38. The molecule has 4 aliphatic carbocycles. The van der Waals surface area contributed by atoms with Gasteiger partial charge in [0.25, 0.3) is 0 Å². The largest absolute Gasteiger partial charge is 0.368 e. The summed E-state index contributed by atoms with van der Waals surface area (Å²) in [6.45, 7) is 7.07. The average Bonchev–Trinajstić information content (AvgIpc) is 2.83. The molecule has 5 aliphatic rings. The van der Waals surface area contributed by atoms with E-state index in [1.54, 1.807) is 6.92 Å². The molecule has 2 unspecified atom stereocenters. The van der Waals surface area contributed by atoms with Crippen molar-refractivity contribution in [1.29, 1.82) is 0 Å². The van der Waals surface area contributed by atoms with Gasteiger partial charge in [-0.2, -0.15) is 0 Å². The van der Waals surface area contributed by atoms with E-state index in [0.717, 1.165) is 56.7 Å². The molecule has 178 valence electrons. The molecule has 5 fully saturated rings. The number of hydrogen-bond acceptors (Lipinski definition) is 3. The fourth-order valence-corrected chi connectivity index (χ4v) is 8.17. The Bertz CT molecular complexity index is 1080. The minimum atomic E-state index is -0.153. The fourth-order valence-electron chi connectivity index (χ4n) is 8.17. The summed E-state index contributed by atoms with van der Waals surface area (Å²) in [6.07, 6.45) is 7.11. The first-order valence-electron chi connectivity index (χ1n) is 13.1. The van der Waals surface area contributed by atoms with Gasteiger partial charge in [0.1, 0.15) is 0 Å². The van der Waals surface area contributed by atoms with Gasteiger partial charge in [-0.3, -0.25) is 9.59 Å². The molecule has 2 atom stereocenters. The molecule has 1 heterocycles. The summed E-state index contributed by atoms with van der Waals surface area (Å²) in [5.41, 5.74) is 4.73. The van der Waals surface area contributed by atoms with E-state index >= 15 is 0 Å². The zero-order chi connectivity index (χ0) is 23.5. The van der Waals surface area contributed by atoms with E-state index in [1.807, 2.05) is 24.3 Å². The second-order valence-electron chi connectivity index (χ2n) is 11.8. The topological polar surface area (TPSA) is 40.6 Å². The molecule has 0 spiro atoms. The highest BCUT2D eigenvalue weighted by molar-refractivity contribution is 5.94. The Labute approximate surface area is 203 Å². The summed E-state index contributed by atoms with van der Waals surface area (Å²) >= 11 is 0. The molecule has 1 aliphatic heterocycles. The standard InChI is InChI=1S/C30H36N2O2/c1-21-3-7-26(8-4-21)29-16-23-15-24(17-29)19-30(18-23,20-29)28(34)32-13-11-31(12-14-32)27-9-5-25(6-10-27)22(2)33/h3-10,23-24H,11-20H2,1-2H3. The highest BCUT2D eigenvalue weighted by Crippen LogP contribution is 2.66.